The van der Waals surface area contributed by atoms with E-state index in [2.05, 4.69) is 0 Å². The van der Waals surface area contributed by atoms with Gasteiger partial charge in [-0.1, -0.05) is 54.1 Å². The molecule has 29 heavy (non-hydrogen) atoms. The standard InChI is InChI=1S/C21H18ClNO4S2/c22-18-9-11-19(12-10-18)28(24,25)21-14-23(15-21)29(26,27)20-8-4-7-17(13-20)16-5-2-1-3-6-16/h1-13,21H,14-15H2. The predicted octanol–water partition coefficient (Wildman–Crippen LogP) is 3.85. The number of sulfonamides is 1. The van der Waals surface area contributed by atoms with E-state index in [0.717, 1.165) is 11.1 Å². The Kier molecular flexibility index (Phi) is 5.25. The van der Waals surface area contributed by atoms with E-state index in [-0.39, 0.29) is 22.9 Å². The van der Waals surface area contributed by atoms with Gasteiger partial charge in [0, 0.05) is 18.1 Å². The Morgan fingerprint density at radius 3 is 2.00 bits per heavy atom. The number of benzene rings is 3. The van der Waals surface area contributed by atoms with Gasteiger partial charge in [0.25, 0.3) is 0 Å². The van der Waals surface area contributed by atoms with E-state index in [4.69, 9.17) is 11.6 Å². The quantitative estimate of drug-likeness (QED) is 0.595. The number of sulfone groups is 1. The van der Waals surface area contributed by atoms with Gasteiger partial charge < -0.3 is 0 Å². The van der Waals surface area contributed by atoms with Crippen molar-refractivity contribution < 1.29 is 16.8 Å². The number of nitrogens with zero attached hydrogens (tertiary/aromatic N) is 1. The Hall–Kier alpha value is -2.19. The molecule has 0 aromatic heterocycles. The molecule has 0 saturated carbocycles. The lowest BCUT2D eigenvalue weighted by Crippen LogP contribution is -2.56. The van der Waals surface area contributed by atoms with Gasteiger partial charge in [-0.15, -0.1) is 0 Å². The Bertz CT molecular complexity index is 1240. The van der Waals surface area contributed by atoms with Crippen molar-refractivity contribution in [3.63, 3.8) is 0 Å². The van der Waals surface area contributed by atoms with Gasteiger partial charge in [0.05, 0.1) is 15.0 Å². The van der Waals surface area contributed by atoms with Gasteiger partial charge in [-0.3, -0.25) is 0 Å². The highest BCUT2D eigenvalue weighted by Gasteiger charge is 2.44. The van der Waals surface area contributed by atoms with Gasteiger partial charge in [-0.2, -0.15) is 4.31 Å². The van der Waals surface area contributed by atoms with Crippen molar-refractivity contribution >= 4 is 31.5 Å². The second kappa shape index (κ2) is 7.57. The number of hydrogen-bond acceptors (Lipinski definition) is 4. The molecule has 1 fully saturated rings. The third-order valence-corrected chi connectivity index (χ3v) is 9.16. The summed E-state index contributed by atoms with van der Waals surface area (Å²) in [4.78, 5) is 0.302. The zero-order valence-corrected chi connectivity index (χ0v) is 17.7. The zero-order valence-electron chi connectivity index (χ0n) is 15.3. The van der Waals surface area contributed by atoms with Crippen LogP contribution in [0.15, 0.2) is 88.7 Å². The smallest absolute Gasteiger partial charge is 0.223 e. The molecule has 0 bridgehead atoms. The largest absolute Gasteiger partial charge is 0.243 e. The van der Waals surface area contributed by atoms with Crippen LogP contribution in [0.4, 0.5) is 0 Å². The average Bonchev–Trinajstić information content (AvgIpc) is 2.67. The number of halogens is 1. The van der Waals surface area contributed by atoms with Crippen molar-refractivity contribution in [2.24, 2.45) is 0 Å². The van der Waals surface area contributed by atoms with Crippen LogP contribution in [0.2, 0.25) is 5.02 Å². The normalized spacial score (nSPS) is 15.8. The zero-order chi connectivity index (χ0) is 20.6. The maximum Gasteiger partial charge on any atom is 0.243 e. The van der Waals surface area contributed by atoms with Crippen molar-refractivity contribution in [1.82, 2.24) is 4.31 Å². The van der Waals surface area contributed by atoms with Crippen molar-refractivity contribution in [2.45, 2.75) is 15.0 Å². The average molecular weight is 448 g/mol. The molecule has 0 atom stereocenters. The molecular formula is C21H18ClNO4S2. The molecule has 1 heterocycles. The highest BCUT2D eigenvalue weighted by atomic mass is 35.5. The minimum atomic E-state index is -3.77. The molecule has 0 N–H and O–H groups in total. The molecular weight excluding hydrogens is 430 g/mol. The molecule has 150 valence electrons. The van der Waals surface area contributed by atoms with Gasteiger partial charge in [0.2, 0.25) is 10.0 Å². The second-order valence-corrected chi connectivity index (χ2v) is 11.4. The molecule has 3 aromatic rings. The summed E-state index contributed by atoms with van der Waals surface area (Å²) in [7, 11) is -7.38. The van der Waals surface area contributed by atoms with E-state index < -0.39 is 25.1 Å². The van der Waals surface area contributed by atoms with Crippen LogP contribution in [-0.2, 0) is 19.9 Å². The van der Waals surface area contributed by atoms with Crippen LogP contribution in [0.3, 0.4) is 0 Å². The van der Waals surface area contributed by atoms with Crippen LogP contribution in [0.1, 0.15) is 0 Å². The van der Waals surface area contributed by atoms with E-state index in [1.165, 1.54) is 34.6 Å². The highest BCUT2D eigenvalue weighted by molar-refractivity contribution is 7.92. The molecule has 5 nitrogen and oxygen atoms in total. The molecule has 4 rings (SSSR count). The van der Waals surface area contributed by atoms with E-state index >= 15 is 0 Å². The molecule has 3 aromatic carbocycles. The fraction of sp³-hybridized carbons (Fsp3) is 0.143. The van der Waals surface area contributed by atoms with Crippen LogP contribution < -0.4 is 0 Å². The van der Waals surface area contributed by atoms with Crippen LogP contribution in [0.5, 0.6) is 0 Å². The van der Waals surface area contributed by atoms with Crippen LogP contribution in [0.25, 0.3) is 11.1 Å². The number of hydrogen-bond donors (Lipinski definition) is 0. The summed E-state index contributed by atoms with van der Waals surface area (Å²) < 4.78 is 52.6. The Labute approximate surface area is 175 Å². The first-order valence-corrected chi connectivity index (χ1v) is 12.3. The summed E-state index contributed by atoms with van der Waals surface area (Å²) in [6.45, 7) is -0.133. The van der Waals surface area contributed by atoms with E-state index in [1.54, 1.807) is 12.1 Å². The fourth-order valence-corrected chi connectivity index (χ4v) is 6.77. The van der Waals surface area contributed by atoms with Crippen molar-refractivity contribution in [2.75, 3.05) is 13.1 Å². The van der Waals surface area contributed by atoms with Gasteiger partial charge in [0.1, 0.15) is 0 Å². The minimum absolute atomic E-state index is 0.0666. The van der Waals surface area contributed by atoms with Crippen LogP contribution >= 0.6 is 11.6 Å². The molecule has 0 amide bonds. The maximum atomic E-state index is 13.0. The molecule has 1 saturated heterocycles. The predicted molar refractivity (Wildman–Crippen MR) is 113 cm³/mol. The molecule has 1 aliphatic heterocycles. The van der Waals surface area contributed by atoms with Gasteiger partial charge in [-0.25, -0.2) is 16.8 Å². The Morgan fingerprint density at radius 1 is 0.724 bits per heavy atom. The van der Waals surface area contributed by atoms with Gasteiger partial charge in [0.15, 0.2) is 9.84 Å². The number of rotatable bonds is 5. The first-order valence-electron chi connectivity index (χ1n) is 8.93. The molecule has 0 spiro atoms. The molecule has 0 aliphatic carbocycles. The molecule has 1 aliphatic rings. The summed E-state index contributed by atoms with van der Waals surface area (Å²) in [6.07, 6.45) is 0. The summed E-state index contributed by atoms with van der Waals surface area (Å²) in [5, 5.41) is -0.323. The van der Waals surface area contributed by atoms with Crippen molar-refractivity contribution in [3.8, 4) is 11.1 Å². The third kappa shape index (κ3) is 3.83. The fourth-order valence-electron chi connectivity index (χ4n) is 3.23. The molecule has 0 radical (unpaired) electrons. The topological polar surface area (TPSA) is 71.5 Å². The van der Waals surface area contributed by atoms with E-state index in [9.17, 15) is 16.8 Å². The van der Waals surface area contributed by atoms with Crippen LogP contribution in [-0.4, -0.2) is 39.5 Å². The second-order valence-electron chi connectivity index (χ2n) is 6.84. The van der Waals surface area contributed by atoms with Crippen molar-refractivity contribution in [3.05, 3.63) is 83.9 Å². The Morgan fingerprint density at radius 2 is 1.34 bits per heavy atom. The van der Waals surface area contributed by atoms with Gasteiger partial charge >= 0.3 is 0 Å². The lowest BCUT2D eigenvalue weighted by Gasteiger charge is -2.37. The summed E-state index contributed by atoms with van der Waals surface area (Å²) in [5.74, 6) is 0. The maximum absolute atomic E-state index is 13.0. The highest BCUT2D eigenvalue weighted by Crippen LogP contribution is 2.31. The summed E-state index contributed by atoms with van der Waals surface area (Å²) in [5.41, 5.74) is 1.70. The van der Waals surface area contributed by atoms with Crippen molar-refractivity contribution in [1.29, 1.82) is 0 Å². The third-order valence-electron chi connectivity index (χ3n) is 4.97. The molecule has 0 unspecified atom stereocenters. The summed E-state index contributed by atoms with van der Waals surface area (Å²) in [6, 6.07) is 22.1. The Balaban J connectivity index is 1.54. The summed E-state index contributed by atoms with van der Waals surface area (Å²) >= 11 is 5.81. The molecule has 8 heteroatoms. The SMILES string of the molecule is O=S(=O)(c1ccc(Cl)cc1)C1CN(S(=O)(=O)c2cccc(-c3ccccc3)c2)C1. The van der Waals surface area contributed by atoms with E-state index in [0.29, 0.717) is 5.02 Å². The lowest BCUT2D eigenvalue weighted by atomic mass is 10.1. The first kappa shape index (κ1) is 20.1. The van der Waals surface area contributed by atoms with Gasteiger partial charge in [-0.05, 0) is 47.5 Å². The van der Waals surface area contributed by atoms with Crippen LogP contribution in [0, 0.1) is 0 Å². The monoisotopic (exact) mass is 447 g/mol. The first-order chi connectivity index (χ1) is 13.8. The van der Waals surface area contributed by atoms with E-state index in [1.807, 2.05) is 36.4 Å². The minimum Gasteiger partial charge on any atom is -0.223 e. The lowest BCUT2D eigenvalue weighted by molar-refractivity contribution is 0.309.